The molecule has 33 heavy (non-hydrogen) atoms. The van der Waals surface area contributed by atoms with Gasteiger partial charge in [0.1, 0.15) is 11.6 Å². The lowest BCUT2D eigenvalue weighted by molar-refractivity contribution is 0.451. The van der Waals surface area contributed by atoms with Gasteiger partial charge in [-0.3, -0.25) is 0 Å². The summed E-state index contributed by atoms with van der Waals surface area (Å²) in [5.41, 5.74) is 2.93. The average Bonchev–Trinajstić information content (AvgIpc) is 2.80. The smallest absolute Gasteiger partial charge is 0.195 e. The van der Waals surface area contributed by atoms with Crippen LogP contribution < -0.4 is 0 Å². The third-order valence-electron chi connectivity index (χ3n) is 5.91. The van der Waals surface area contributed by atoms with Crippen LogP contribution in [0.3, 0.4) is 0 Å². The highest BCUT2D eigenvalue weighted by Gasteiger charge is 2.19. The Balaban J connectivity index is 1.62. The molecule has 0 aliphatic rings. The minimum atomic E-state index is -1.74. The molecule has 0 radical (unpaired) electrons. The van der Waals surface area contributed by atoms with Gasteiger partial charge in [0.05, 0.1) is 5.39 Å². The van der Waals surface area contributed by atoms with Crippen LogP contribution in [0, 0.1) is 29.1 Å². The second-order valence-corrected chi connectivity index (χ2v) is 8.24. The first kappa shape index (κ1) is 23.0. The molecule has 0 bridgehead atoms. The van der Waals surface area contributed by atoms with Gasteiger partial charge in [0.2, 0.25) is 0 Å². The molecule has 0 saturated carbocycles. The lowest BCUT2D eigenvalue weighted by Gasteiger charge is -2.10. The summed E-state index contributed by atoms with van der Waals surface area (Å²) in [7, 11) is 0. The summed E-state index contributed by atoms with van der Waals surface area (Å²) in [6.45, 7) is 2.18. The molecule has 170 valence electrons. The third-order valence-corrected chi connectivity index (χ3v) is 5.91. The van der Waals surface area contributed by atoms with Crippen LogP contribution in [0.2, 0.25) is 0 Å². The van der Waals surface area contributed by atoms with Crippen molar-refractivity contribution in [1.29, 1.82) is 0 Å². The first-order chi connectivity index (χ1) is 15.9. The number of fused-ring (bicyclic) bond motifs is 1. The molecule has 0 unspecified atom stereocenters. The van der Waals surface area contributed by atoms with E-state index in [9.17, 15) is 22.0 Å². The molecule has 0 spiro atoms. The molecular formula is C28H23F5. The molecule has 5 heteroatoms. The summed E-state index contributed by atoms with van der Waals surface area (Å²) in [5.74, 6) is -6.45. The maximum atomic E-state index is 15.0. The monoisotopic (exact) mass is 454 g/mol. The van der Waals surface area contributed by atoms with Crippen molar-refractivity contribution in [2.45, 2.75) is 39.0 Å². The van der Waals surface area contributed by atoms with Crippen LogP contribution in [0.25, 0.3) is 33.0 Å². The van der Waals surface area contributed by atoms with E-state index in [2.05, 4.69) is 6.92 Å². The zero-order valence-electron chi connectivity index (χ0n) is 18.2. The van der Waals surface area contributed by atoms with E-state index in [0.717, 1.165) is 24.5 Å². The molecule has 0 nitrogen and oxygen atoms in total. The Kier molecular flexibility index (Phi) is 6.77. The topological polar surface area (TPSA) is 0 Å². The van der Waals surface area contributed by atoms with E-state index in [1.807, 2.05) is 24.3 Å². The Hall–Kier alpha value is -3.21. The Morgan fingerprint density at radius 2 is 1.27 bits per heavy atom. The highest BCUT2D eigenvalue weighted by atomic mass is 19.2. The zero-order chi connectivity index (χ0) is 23.5. The highest BCUT2D eigenvalue weighted by Crippen LogP contribution is 2.33. The quantitative estimate of drug-likeness (QED) is 0.148. The zero-order valence-corrected chi connectivity index (χ0v) is 18.2. The molecule has 4 aromatic rings. The molecule has 0 fully saturated rings. The van der Waals surface area contributed by atoms with Gasteiger partial charge >= 0.3 is 0 Å². The van der Waals surface area contributed by atoms with Crippen molar-refractivity contribution in [2.75, 3.05) is 0 Å². The van der Waals surface area contributed by atoms with Crippen LogP contribution in [0.4, 0.5) is 22.0 Å². The van der Waals surface area contributed by atoms with Crippen LogP contribution in [-0.4, -0.2) is 0 Å². The first-order valence-electron chi connectivity index (χ1n) is 11.0. The maximum Gasteiger partial charge on any atom is 0.195 e. The molecule has 0 saturated heterocycles. The van der Waals surface area contributed by atoms with Crippen molar-refractivity contribution in [3.05, 3.63) is 95.3 Å². The fraction of sp³-hybridized carbons (Fsp3) is 0.214. The van der Waals surface area contributed by atoms with Gasteiger partial charge in [-0.25, -0.2) is 22.0 Å². The third kappa shape index (κ3) is 4.77. The van der Waals surface area contributed by atoms with E-state index in [-0.39, 0.29) is 16.5 Å². The highest BCUT2D eigenvalue weighted by molar-refractivity contribution is 5.89. The summed E-state index contributed by atoms with van der Waals surface area (Å²) in [6, 6.07) is 15.4. The molecule has 0 aliphatic heterocycles. The van der Waals surface area contributed by atoms with Crippen LogP contribution in [0.1, 0.15) is 38.2 Å². The summed E-state index contributed by atoms with van der Waals surface area (Å²) in [4.78, 5) is 0. The van der Waals surface area contributed by atoms with Crippen molar-refractivity contribution in [1.82, 2.24) is 0 Å². The van der Waals surface area contributed by atoms with Crippen LogP contribution in [-0.2, 0) is 6.42 Å². The number of unbranched alkanes of at least 4 members (excludes halogenated alkanes) is 3. The number of hydrogen-bond acceptors (Lipinski definition) is 0. The minimum absolute atomic E-state index is 0.0808. The molecular weight excluding hydrogens is 431 g/mol. The fourth-order valence-corrected chi connectivity index (χ4v) is 4.09. The predicted octanol–water partition coefficient (Wildman–Crippen LogP) is 8.99. The van der Waals surface area contributed by atoms with Crippen molar-refractivity contribution in [3.63, 3.8) is 0 Å². The normalized spacial score (nSPS) is 11.3. The van der Waals surface area contributed by atoms with E-state index in [0.29, 0.717) is 11.6 Å². The van der Waals surface area contributed by atoms with Crippen molar-refractivity contribution in [3.8, 4) is 22.3 Å². The van der Waals surface area contributed by atoms with Crippen molar-refractivity contribution >= 4 is 10.8 Å². The van der Waals surface area contributed by atoms with Gasteiger partial charge in [-0.1, -0.05) is 62.6 Å². The predicted molar refractivity (Wildman–Crippen MR) is 122 cm³/mol. The van der Waals surface area contributed by atoms with Crippen molar-refractivity contribution in [2.24, 2.45) is 0 Å². The Morgan fingerprint density at radius 1 is 0.576 bits per heavy atom. The standard InChI is InChI=1S/C28H23F5/c1-2-3-4-5-6-17-7-9-18(10-8-17)19-11-12-22(23(29)14-19)20-13-21-16-25(31)27(32)28(33)26(21)24(30)15-20/h7-16H,2-6H2,1H3. The van der Waals surface area contributed by atoms with Crippen LogP contribution >= 0.6 is 0 Å². The van der Waals surface area contributed by atoms with Crippen molar-refractivity contribution < 1.29 is 22.0 Å². The van der Waals surface area contributed by atoms with Gasteiger partial charge in [-0.15, -0.1) is 0 Å². The number of benzene rings is 4. The van der Waals surface area contributed by atoms with Gasteiger partial charge in [-0.2, -0.15) is 0 Å². The summed E-state index contributed by atoms with van der Waals surface area (Å²) in [5, 5.41) is -0.844. The number of halogens is 5. The molecule has 0 amide bonds. The molecule has 0 N–H and O–H groups in total. The fourth-order valence-electron chi connectivity index (χ4n) is 4.09. The summed E-state index contributed by atoms with van der Waals surface area (Å²) in [6.07, 6.45) is 5.77. The SMILES string of the molecule is CCCCCCc1ccc(-c2ccc(-c3cc(F)c4c(F)c(F)c(F)cc4c3)c(F)c2)cc1. The second-order valence-electron chi connectivity index (χ2n) is 8.24. The average molecular weight is 454 g/mol. The maximum absolute atomic E-state index is 15.0. The van der Waals surface area contributed by atoms with Gasteiger partial charge in [0, 0.05) is 5.56 Å². The Bertz CT molecular complexity index is 1290. The van der Waals surface area contributed by atoms with E-state index in [4.69, 9.17) is 0 Å². The van der Waals surface area contributed by atoms with Gasteiger partial charge in [-0.05, 0) is 64.7 Å². The number of aryl methyl sites for hydroxylation is 1. The first-order valence-corrected chi connectivity index (χ1v) is 11.0. The molecule has 0 heterocycles. The van der Waals surface area contributed by atoms with Gasteiger partial charge in [0.15, 0.2) is 17.5 Å². The lowest BCUT2D eigenvalue weighted by Crippen LogP contribution is -1.96. The minimum Gasteiger partial charge on any atom is -0.206 e. The largest absolute Gasteiger partial charge is 0.206 e. The lowest BCUT2D eigenvalue weighted by atomic mass is 9.96. The Labute approximate surface area is 189 Å². The molecule has 4 aromatic carbocycles. The second kappa shape index (κ2) is 9.74. The van der Waals surface area contributed by atoms with E-state index >= 15 is 0 Å². The molecule has 4 rings (SSSR count). The van der Waals surface area contributed by atoms with Gasteiger partial charge in [0.25, 0.3) is 0 Å². The number of rotatable bonds is 7. The molecule has 0 atom stereocenters. The van der Waals surface area contributed by atoms with Gasteiger partial charge < -0.3 is 0 Å². The molecule has 0 aromatic heterocycles. The van der Waals surface area contributed by atoms with E-state index in [1.165, 1.54) is 43.0 Å². The molecule has 0 aliphatic carbocycles. The number of hydrogen-bond donors (Lipinski definition) is 0. The summed E-state index contributed by atoms with van der Waals surface area (Å²) >= 11 is 0. The Morgan fingerprint density at radius 3 is 1.97 bits per heavy atom. The summed E-state index contributed by atoms with van der Waals surface area (Å²) < 4.78 is 70.5. The van der Waals surface area contributed by atoms with Crippen LogP contribution in [0.5, 0.6) is 0 Å². The van der Waals surface area contributed by atoms with Crippen LogP contribution in [0.15, 0.2) is 60.7 Å². The van der Waals surface area contributed by atoms with E-state index in [1.54, 1.807) is 6.07 Å². The van der Waals surface area contributed by atoms with E-state index < -0.39 is 34.5 Å².